The lowest BCUT2D eigenvalue weighted by molar-refractivity contribution is -0.940. The van der Waals surface area contributed by atoms with Crippen molar-refractivity contribution in [1.29, 1.82) is 0 Å². The summed E-state index contributed by atoms with van der Waals surface area (Å²) < 4.78 is 100. The quantitative estimate of drug-likeness (QED) is 0.00238. The first kappa shape index (κ1) is 110. The third kappa shape index (κ3) is 30.0. The number of likely N-dealkylation sites (N-methyl/N-ethyl adjacent to an activating group) is 2. The van der Waals surface area contributed by atoms with Crippen LogP contribution in [-0.2, 0) is 77.0 Å². The highest BCUT2D eigenvalue weighted by molar-refractivity contribution is 8.00. The fourth-order valence-electron chi connectivity index (χ4n) is 18.0. The zero-order chi connectivity index (χ0) is 103. The number of sulfone groups is 1. The molecule has 5 unspecified atom stereocenters. The van der Waals surface area contributed by atoms with Gasteiger partial charge in [-0.2, -0.15) is 9.83 Å². The van der Waals surface area contributed by atoms with Gasteiger partial charge in [-0.3, -0.25) is 24.2 Å². The van der Waals surface area contributed by atoms with E-state index in [1.54, 1.807) is 119 Å². The SMILES string of the molecule is CC(C)(C)c1cnc(CSc2cnc(NC(=O)C3CCNCC3)s2)o1.CCCCCN=C(N)N/N=C/c1c[nH]c2ccc(OC)cc12.COc1ccc(CC2c3cc(OC)c(OC)cc3CC[N+]2(C)CCC(=O)OCCCCCOC(=O)CC[N+]2(C)CCc3cc(OC)c(OC)cc3C2Cc2ccc(OC)c(OC)c2)cc1OC.CS(=O)(=O)c1ccc(-c2cccc3c2OC(CNC(=O)c2cc[n+]([O-])cc2)C3)cc1. The molecule has 8 heterocycles. The topological polar surface area (TPSA) is 394 Å². The Bertz CT molecular complexity index is 6140. The minimum absolute atomic E-state index is 0.0352. The number of thiazole rings is 1. The molecule has 4 aliphatic rings. The van der Waals surface area contributed by atoms with Crippen LogP contribution in [0.3, 0.4) is 0 Å². The molecule has 0 saturated carbocycles. The molecule has 7 N–H and O–H groups in total. The van der Waals surface area contributed by atoms with Crippen molar-refractivity contribution in [2.45, 2.75) is 162 Å². The number of nitrogens with zero attached hydrogens (tertiary/aromatic N) is 7. The molecule has 2 amide bonds. The number of aromatic nitrogens is 4. The minimum atomic E-state index is -3.25. The summed E-state index contributed by atoms with van der Waals surface area (Å²) in [6, 6.07) is 41.8. The number of amides is 2. The Labute approximate surface area is 852 Å². The maximum absolute atomic E-state index is 13.2. The highest BCUT2D eigenvalue weighted by Gasteiger charge is 2.43. The van der Waals surface area contributed by atoms with E-state index in [0.29, 0.717) is 153 Å². The van der Waals surface area contributed by atoms with E-state index in [1.165, 1.54) is 70.8 Å². The number of guanidine groups is 1. The molecule has 5 atom stereocenters. The zero-order valence-corrected chi connectivity index (χ0v) is 87.9. The molecule has 36 heteroatoms. The number of carbonyl (C=O) groups is 4. The number of hydrazone groups is 1. The van der Waals surface area contributed by atoms with Gasteiger partial charge in [0, 0.05) is 108 Å². The number of aromatic amines is 1. The summed E-state index contributed by atoms with van der Waals surface area (Å²) in [5.41, 5.74) is 20.6. The van der Waals surface area contributed by atoms with Crippen molar-refractivity contribution in [1.82, 2.24) is 31.0 Å². The summed E-state index contributed by atoms with van der Waals surface area (Å²) in [7, 11) is 16.0. The molecule has 0 aliphatic carbocycles. The number of esters is 2. The molecular weight excluding hydrogens is 1900 g/mol. The molecule has 7 aromatic carbocycles. The molecule has 144 heavy (non-hydrogen) atoms. The Balaban J connectivity index is 0.000000196. The molecule has 11 aromatic rings. The van der Waals surface area contributed by atoms with Gasteiger partial charge in [-0.25, -0.2) is 23.8 Å². The predicted molar refractivity (Wildman–Crippen MR) is 559 cm³/mol. The number of hydrogen-bond donors (Lipinski definition) is 6. The molecule has 0 radical (unpaired) electrons. The predicted octanol–water partition coefficient (Wildman–Crippen LogP) is 16.5. The number of ether oxygens (including phenoxy) is 12. The summed E-state index contributed by atoms with van der Waals surface area (Å²) in [5.74, 6) is 9.10. The zero-order valence-electron chi connectivity index (χ0n) is 85.5. The van der Waals surface area contributed by atoms with Crippen LogP contribution in [-0.4, -0.2) is 224 Å². The molecule has 0 bridgehead atoms. The Kier molecular flexibility index (Phi) is 39.9. The number of methoxy groups -OCH3 is 9. The number of rotatable bonds is 41. The standard InChI is InChI=1S/C53H72N2O12.C22H20N2O5S.C17H24N4O2S2.C16H23N5O/c1-54(22-18-38-32-48(62-7)50(64-9)34-40(38)42(54)28-36-14-16-44(58-3)46(30-36)60-5)24-20-52(56)66-26-12-11-13-27-67-53(57)21-25-55(2)23-19-39-33-49(63-8)51(65-10)35-41(39)43(55)29-37-15-17-45(59-4)47(31-37)61-6;1-30(27,28)19-7-5-15(6-8-19)20-4-2-3-17-13-18(29-21(17)20)14-23-22(25)16-9-11-24(26)12-10-16;1-17(2,3)12-8-19-13(23-12)10-24-14-9-20-16(25-14)21-15(22)11-4-6-18-7-5-11;1-3-4-5-8-18-16(17)21-20-11-12-10-19-15-7-6-13(22-2)9-14(12)15/h14-17,30-35,42-43H,11-13,18-29H2,1-10H3;2-12,18H,13-14H2,1H3,(H,23,25);8-9,11,18H,4-7,10H2,1-3H3,(H,20,21,22);6-7,9-11,19H,3-5,8H2,1-2H3,(H3,17,18,21)/q+2;;;/b;;;20-11+. The summed E-state index contributed by atoms with van der Waals surface area (Å²) in [6.07, 6.45) is 22.4. The van der Waals surface area contributed by atoms with Crippen LogP contribution in [0.4, 0.5) is 5.13 Å². The van der Waals surface area contributed by atoms with Crippen molar-refractivity contribution in [2.24, 2.45) is 21.7 Å². The van der Waals surface area contributed by atoms with Crippen molar-refractivity contribution in [3.63, 3.8) is 0 Å². The monoisotopic (exact) mass is 2030 g/mol. The van der Waals surface area contributed by atoms with Gasteiger partial charge in [-0.1, -0.05) is 94.3 Å². The lowest BCUT2D eigenvalue weighted by Crippen LogP contribution is -2.53. The summed E-state index contributed by atoms with van der Waals surface area (Å²) in [6.45, 7) is 14.9. The maximum atomic E-state index is 13.2. The number of aliphatic imine (C=N–C) groups is 1. The van der Waals surface area contributed by atoms with E-state index in [1.807, 2.05) is 66.9 Å². The van der Waals surface area contributed by atoms with Gasteiger partial charge < -0.3 is 102 Å². The number of anilines is 1. The van der Waals surface area contributed by atoms with Gasteiger partial charge in [0.15, 0.2) is 73.4 Å². The van der Waals surface area contributed by atoms with Crippen molar-refractivity contribution in [3.05, 3.63) is 231 Å². The van der Waals surface area contributed by atoms with E-state index >= 15 is 0 Å². The number of benzene rings is 7. The van der Waals surface area contributed by atoms with Crippen molar-refractivity contribution in [2.75, 3.05) is 155 Å². The number of oxazole rings is 1. The van der Waals surface area contributed by atoms with Crippen LogP contribution >= 0.6 is 23.1 Å². The van der Waals surface area contributed by atoms with E-state index in [-0.39, 0.29) is 58.2 Å². The molecule has 1 saturated heterocycles. The number of thioether (sulfide) groups is 1. The largest absolute Gasteiger partial charge is 0.619 e. The van der Waals surface area contributed by atoms with Gasteiger partial charge in [0.1, 0.15) is 35.4 Å². The summed E-state index contributed by atoms with van der Waals surface area (Å²) in [5, 5.41) is 26.0. The lowest BCUT2D eigenvalue weighted by atomic mass is 9.86. The van der Waals surface area contributed by atoms with Crippen LogP contribution in [0.2, 0.25) is 0 Å². The van der Waals surface area contributed by atoms with Crippen LogP contribution in [0, 0.1) is 11.1 Å². The average molecular weight is 2040 g/mol. The van der Waals surface area contributed by atoms with Crippen LogP contribution < -0.4 is 79.2 Å². The fourth-order valence-corrected chi connectivity index (χ4v) is 20.4. The molecule has 4 aromatic heterocycles. The maximum Gasteiger partial charge on any atom is 0.311 e. The van der Waals surface area contributed by atoms with Crippen LogP contribution in [0.1, 0.15) is 171 Å². The number of nitrogens with one attached hydrogen (secondary N) is 5. The molecular formula is C108H139N13O20S3+2. The van der Waals surface area contributed by atoms with Crippen LogP contribution in [0.25, 0.3) is 22.0 Å². The van der Waals surface area contributed by atoms with Gasteiger partial charge in [-0.15, -0.1) is 11.8 Å². The lowest BCUT2D eigenvalue weighted by Gasteiger charge is -2.46. The Hall–Kier alpha value is -13.1. The summed E-state index contributed by atoms with van der Waals surface area (Å²) in [4.78, 5) is 67.2. The average Bonchev–Trinajstić information content (AvgIpc) is 0.939. The van der Waals surface area contributed by atoms with Crippen molar-refractivity contribution in [3.8, 4) is 68.6 Å². The minimum Gasteiger partial charge on any atom is -0.619 e. The number of unbranched alkanes of at least 4 members (excludes halogenated alkanes) is 4. The fraction of sp³-hybridized carbons (Fsp3) is 0.435. The number of pyridine rings is 1. The number of carbonyl (C=O) groups excluding carboxylic acids is 4. The second kappa shape index (κ2) is 52.4. The van der Waals surface area contributed by atoms with Crippen molar-refractivity contribution >= 4 is 84.9 Å². The first-order chi connectivity index (χ1) is 69.3. The Morgan fingerprint density at radius 1 is 0.660 bits per heavy atom. The molecule has 772 valence electrons. The first-order valence-electron chi connectivity index (χ1n) is 48.6. The number of hydrogen-bond acceptors (Lipinski definition) is 27. The highest BCUT2D eigenvalue weighted by Crippen LogP contribution is 2.47. The van der Waals surface area contributed by atoms with Crippen LogP contribution in [0.5, 0.6) is 57.5 Å². The van der Waals surface area contributed by atoms with Gasteiger partial charge in [0.25, 0.3) is 5.91 Å². The van der Waals surface area contributed by atoms with E-state index < -0.39 is 9.84 Å². The molecule has 4 aliphatic heterocycles. The van der Waals surface area contributed by atoms with E-state index in [4.69, 9.17) is 67.0 Å². The number of quaternary nitrogens is 2. The number of fused-ring (bicyclic) bond motifs is 4. The number of piperidine rings is 1. The first-order valence-corrected chi connectivity index (χ1v) is 52.3. The highest BCUT2D eigenvalue weighted by atomic mass is 32.2. The second-order valence-electron chi connectivity index (χ2n) is 37.3. The number of nitrogens with two attached hydrogens (primary N) is 1. The van der Waals surface area contributed by atoms with Crippen molar-refractivity contribution < 1.29 is 103 Å². The molecule has 15 rings (SSSR count). The van der Waals surface area contributed by atoms with Gasteiger partial charge in [0.05, 0.1) is 176 Å². The second-order valence-corrected chi connectivity index (χ2v) is 41.7. The molecule has 1 fully saturated rings. The van der Waals surface area contributed by atoms with Gasteiger partial charge in [0.2, 0.25) is 17.8 Å². The third-order valence-electron chi connectivity index (χ3n) is 26.4. The van der Waals surface area contributed by atoms with E-state index in [9.17, 15) is 32.8 Å². The number of H-pyrrole nitrogens is 1. The van der Waals surface area contributed by atoms with E-state index in [0.717, 1.165) is 156 Å². The smallest absolute Gasteiger partial charge is 0.311 e. The molecule has 0 spiro atoms. The van der Waals surface area contributed by atoms with E-state index in [2.05, 4.69) is 125 Å². The Morgan fingerprint density at radius 3 is 1.77 bits per heavy atom. The third-order valence-corrected chi connectivity index (χ3v) is 29.6. The normalized spacial score (nSPS) is 16.9. The van der Waals surface area contributed by atoms with Gasteiger partial charge >= 0.3 is 11.9 Å². The van der Waals surface area contributed by atoms with Gasteiger partial charge in [-0.05, 0) is 164 Å². The number of para-hydroxylation sites is 1. The summed E-state index contributed by atoms with van der Waals surface area (Å²) >= 11 is 3.11. The molecule has 33 nitrogen and oxygen atoms in total. The Morgan fingerprint density at radius 2 is 1.23 bits per heavy atom. The van der Waals surface area contributed by atoms with Crippen LogP contribution in [0.15, 0.2) is 188 Å².